The molecule has 0 N–H and O–H groups in total. The van der Waals surface area contributed by atoms with Gasteiger partial charge in [-0.2, -0.15) is 0 Å². The summed E-state index contributed by atoms with van der Waals surface area (Å²) in [4.78, 5) is 26.8. The van der Waals surface area contributed by atoms with Crippen molar-refractivity contribution in [2.45, 2.75) is 13.5 Å². The van der Waals surface area contributed by atoms with Gasteiger partial charge in [-0.15, -0.1) is 0 Å². The number of hydrogen-bond donors (Lipinski definition) is 0. The van der Waals surface area contributed by atoms with E-state index >= 15 is 0 Å². The summed E-state index contributed by atoms with van der Waals surface area (Å²) in [5.74, 6) is 0.522. The molecule has 0 saturated heterocycles. The standard InChI is InChI=1S/C13H12N2O2/c1-10-9-14-12(11-5-3-2-4-6-11)15(7-8-16)13(10)17/h2-6,8-9H,7H2,1H3. The zero-order valence-electron chi connectivity index (χ0n) is 9.46. The van der Waals surface area contributed by atoms with E-state index < -0.39 is 0 Å². The van der Waals surface area contributed by atoms with Gasteiger partial charge in [0.05, 0.1) is 6.54 Å². The normalized spacial score (nSPS) is 10.2. The Morgan fingerprint density at radius 3 is 2.65 bits per heavy atom. The van der Waals surface area contributed by atoms with Crippen LogP contribution >= 0.6 is 0 Å². The molecule has 0 unspecified atom stereocenters. The first-order chi connectivity index (χ1) is 8.24. The first kappa shape index (κ1) is 11.3. The monoisotopic (exact) mass is 228 g/mol. The minimum absolute atomic E-state index is 0.0255. The van der Waals surface area contributed by atoms with Crippen LogP contribution in [0.1, 0.15) is 5.56 Å². The average molecular weight is 228 g/mol. The van der Waals surface area contributed by atoms with Crippen LogP contribution in [0.4, 0.5) is 0 Å². The molecule has 1 aromatic heterocycles. The summed E-state index contributed by atoms with van der Waals surface area (Å²) >= 11 is 0. The SMILES string of the molecule is Cc1cnc(-c2ccccc2)n(CC=O)c1=O. The van der Waals surface area contributed by atoms with Crippen molar-refractivity contribution in [3.63, 3.8) is 0 Å². The molecule has 4 nitrogen and oxygen atoms in total. The van der Waals surface area contributed by atoms with Crippen LogP contribution < -0.4 is 5.56 Å². The Kier molecular flexibility index (Phi) is 3.14. The van der Waals surface area contributed by atoms with Crippen LogP contribution in [-0.4, -0.2) is 15.8 Å². The van der Waals surface area contributed by atoms with Gasteiger partial charge < -0.3 is 4.79 Å². The second-order valence-electron chi connectivity index (χ2n) is 3.71. The van der Waals surface area contributed by atoms with E-state index in [0.29, 0.717) is 17.7 Å². The molecular formula is C13H12N2O2. The van der Waals surface area contributed by atoms with E-state index in [1.54, 1.807) is 6.92 Å². The summed E-state index contributed by atoms with van der Waals surface area (Å²) < 4.78 is 1.39. The van der Waals surface area contributed by atoms with Crippen molar-refractivity contribution in [1.82, 2.24) is 9.55 Å². The van der Waals surface area contributed by atoms with Gasteiger partial charge in [0.2, 0.25) is 0 Å². The van der Waals surface area contributed by atoms with E-state index in [0.717, 1.165) is 5.56 Å². The summed E-state index contributed by atoms with van der Waals surface area (Å²) in [5.41, 5.74) is 1.18. The lowest BCUT2D eigenvalue weighted by Gasteiger charge is -2.09. The first-order valence-electron chi connectivity index (χ1n) is 5.29. The third-order valence-electron chi connectivity index (χ3n) is 2.51. The maximum atomic E-state index is 11.9. The Morgan fingerprint density at radius 1 is 1.29 bits per heavy atom. The highest BCUT2D eigenvalue weighted by molar-refractivity contribution is 5.58. The quantitative estimate of drug-likeness (QED) is 0.746. The predicted molar refractivity (Wildman–Crippen MR) is 64.7 cm³/mol. The van der Waals surface area contributed by atoms with E-state index in [2.05, 4.69) is 4.98 Å². The Hall–Kier alpha value is -2.23. The van der Waals surface area contributed by atoms with Gasteiger partial charge in [0.25, 0.3) is 5.56 Å². The summed E-state index contributed by atoms with van der Waals surface area (Å²) in [5, 5.41) is 0. The van der Waals surface area contributed by atoms with Crippen molar-refractivity contribution in [3.05, 3.63) is 52.4 Å². The number of carbonyl (C=O) groups excluding carboxylic acids is 1. The zero-order chi connectivity index (χ0) is 12.3. The minimum Gasteiger partial charge on any atom is -0.301 e. The number of nitrogens with zero attached hydrogens (tertiary/aromatic N) is 2. The van der Waals surface area contributed by atoms with Crippen molar-refractivity contribution in [1.29, 1.82) is 0 Å². The number of aldehydes is 1. The van der Waals surface area contributed by atoms with E-state index in [4.69, 9.17) is 0 Å². The van der Waals surface area contributed by atoms with Crippen molar-refractivity contribution in [2.24, 2.45) is 0 Å². The topological polar surface area (TPSA) is 52.0 Å². The molecule has 0 aliphatic carbocycles. The maximum absolute atomic E-state index is 11.9. The molecule has 0 spiro atoms. The molecule has 17 heavy (non-hydrogen) atoms. The summed E-state index contributed by atoms with van der Waals surface area (Å²) in [6.07, 6.45) is 2.24. The van der Waals surface area contributed by atoms with Crippen LogP contribution in [0.3, 0.4) is 0 Å². The van der Waals surface area contributed by atoms with Gasteiger partial charge in [-0.05, 0) is 6.92 Å². The minimum atomic E-state index is -0.175. The van der Waals surface area contributed by atoms with E-state index in [1.807, 2.05) is 30.3 Å². The second-order valence-corrected chi connectivity index (χ2v) is 3.71. The fourth-order valence-corrected chi connectivity index (χ4v) is 1.65. The number of hydrogen-bond acceptors (Lipinski definition) is 3. The van der Waals surface area contributed by atoms with Crippen LogP contribution in [-0.2, 0) is 11.3 Å². The Labute approximate surface area is 98.6 Å². The second kappa shape index (κ2) is 4.74. The molecule has 0 radical (unpaired) electrons. The molecule has 0 aliphatic rings. The molecule has 0 amide bonds. The molecule has 1 heterocycles. The number of aryl methyl sites for hydroxylation is 1. The third kappa shape index (κ3) is 2.15. The van der Waals surface area contributed by atoms with Gasteiger partial charge in [-0.25, -0.2) is 4.98 Å². The molecule has 4 heteroatoms. The lowest BCUT2D eigenvalue weighted by molar-refractivity contribution is -0.108. The van der Waals surface area contributed by atoms with Gasteiger partial charge >= 0.3 is 0 Å². The van der Waals surface area contributed by atoms with Gasteiger partial charge in [0, 0.05) is 17.3 Å². The third-order valence-corrected chi connectivity index (χ3v) is 2.51. The Bertz CT molecular complexity index is 588. The molecule has 0 atom stereocenters. The highest BCUT2D eigenvalue weighted by Gasteiger charge is 2.08. The van der Waals surface area contributed by atoms with Crippen molar-refractivity contribution in [3.8, 4) is 11.4 Å². The summed E-state index contributed by atoms with van der Waals surface area (Å²) in [6, 6.07) is 9.34. The molecular weight excluding hydrogens is 216 g/mol. The van der Waals surface area contributed by atoms with Gasteiger partial charge in [-0.1, -0.05) is 30.3 Å². The highest BCUT2D eigenvalue weighted by atomic mass is 16.1. The zero-order valence-corrected chi connectivity index (χ0v) is 9.46. The van der Waals surface area contributed by atoms with Crippen LogP contribution in [0.2, 0.25) is 0 Å². The largest absolute Gasteiger partial charge is 0.301 e. The highest BCUT2D eigenvalue weighted by Crippen LogP contribution is 2.14. The number of rotatable bonds is 3. The van der Waals surface area contributed by atoms with E-state index in [9.17, 15) is 9.59 Å². The smallest absolute Gasteiger partial charge is 0.257 e. The predicted octanol–water partition coefficient (Wildman–Crippen LogP) is 1.42. The Balaban J connectivity index is 2.66. The van der Waals surface area contributed by atoms with Crippen LogP contribution in [0.15, 0.2) is 41.3 Å². The maximum Gasteiger partial charge on any atom is 0.257 e. The molecule has 0 fully saturated rings. The molecule has 0 aliphatic heterocycles. The van der Waals surface area contributed by atoms with Crippen molar-refractivity contribution >= 4 is 6.29 Å². The van der Waals surface area contributed by atoms with Gasteiger partial charge in [0.15, 0.2) is 0 Å². The van der Waals surface area contributed by atoms with Crippen molar-refractivity contribution in [2.75, 3.05) is 0 Å². The summed E-state index contributed by atoms with van der Waals surface area (Å²) in [7, 11) is 0. The van der Waals surface area contributed by atoms with Crippen molar-refractivity contribution < 1.29 is 4.79 Å². The number of carbonyl (C=O) groups is 1. The van der Waals surface area contributed by atoms with Crippen LogP contribution in [0, 0.1) is 6.92 Å². The van der Waals surface area contributed by atoms with Crippen LogP contribution in [0.25, 0.3) is 11.4 Å². The fourth-order valence-electron chi connectivity index (χ4n) is 1.65. The average Bonchev–Trinajstić information content (AvgIpc) is 2.36. The lowest BCUT2D eigenvalue weighted by Crippen LogP contribution is -2.25. The van der Waals surface area contributed by atoms with E-state index in [-0.39, 0.29) is 12.1 Å². The Morgan fingerprint density at radius 2 is 2.00 bits per heavy atom. The summed E-state index contributed by atoms with van der Waals surface area (Å²) in [6.45, 7) is 1.71. The van der Waals surface area contributed by atoms with Gasteiger partial charge in [-0.3, -0.25) is 9.36 Å². The fraction of sp³-hybridized carbons (Fsp3) is 0.154. The van der Waals surface area contributed by atoms with E-state index in [1.165, 1.54) is 10.8 Å². The van der Waals surface area contributed by atoms with Gasteiger partial charge in [0.1, 0.15) is 12.1 Å². The lowest BCUT2D eigenvalue weighted by atomic mass is 10.2. The molecule has 0 bridgehead atoms. The van der Waals surface area contributed by atoms with Crippen LogP contribution in [0.5, 0.6) is 0 Å². The molecule has 1 aromatic carbocycles. The molecule has 2 rings (SSSR count). The first-order valence-corrected chi connectivity index (χ1v) is 5.29. The molecule has 86 valence electrons. The number of benzene rings is 1. The molecule has 2 aromatic rings. The molecule has 0 saturated carbocycles. The number of aromatic nitrogens is 2.